The average molecular weight is 681 g/mol. The average Bonchev–Trinajstić information content (AvgIpc) is 3.68. The number of rotatable bonds is 10. The van der Waals surface area contributed by atoms with Gasteiger partial charge in [0.05, 0.1) is 29.5 Å². The number of hydrogen-bond donors (Lipinski definition) is 3. The minimum absolute atomic E-state index is 0.00212. The van der Waals surface area contributed by atoms with E-state index in [0.717, 1.165) is 11.4 Å². The Kier molecular flexibility index (Phi) is 10.0. The van der Waals surface area contributed by atoms with E-state index in [9.17, 15) is 9.59 Å². The number of aromatic nitrogens is 3. The second-order valence-electron chi connectivity index (χ2n) is 13.1. The molecule has 1 atom stereocenters. The summed E-state index contributed by atoms with van der Waals surface area (Å²) in [6.45, 7) is 8.35. The summed E-state index contributed by atoms with van der Waals surface area (Å²) in [6, 6.07) is 10.7. The highest BCUT2D eigenvalue weighted by Gasteiger charge is 2.51. The molecule has 6 rings (SSSR count). The molecule has 3 saturated heterocycles. The number of piperazine rings is 1. The Morgan fingerprint density at radius 2 is 1.72 bits per heavy atom. The number of pyridine rings is 3. The number of nitrogens with one attached hydrogen (secondary N) is 1. The van der Waals surface area contributed by atoms with Crippen LogP contribution in [0.15, 0.2) is 58.8 Å². The molecule has 3 aliphatic rings. The van der Waals surface area contributed by atoms with E-state index >= 15 is 0 Å². The molecule has 262 valence electrons. The summed E-state index contributed by atoms with van der Waals surface area (Å²) in [5.74, 6) is 2.18. The van der Waals surface area contributed by atoms with Crippen molar-refractivity contribution in [1.29, 1.82) is 5.41 Å². The molecule has 3 aromatic heterocycles. The summed E-state index contributed by atoms with van der Waals surface area (Å²) in [4.78, 5) is 56.5. The van der Waals surface area contributed by atoms with Gasteiger partial charge in [-0.1, -0.05) is 0 Å². The molecule has 0 saturated carbocycles. The molecule has 0 aromatic carbocycles. The van der Waals surface area contributed by atoms with E-state index < -0.39 is 5.41 Å². The summed E-state index contributed by atoms with van der Waals surface area (Å²) < 4.78 is 5.61. The molecule has 0 bridgehead atoms. The van der Waals surface area contributed by atoms with Crippen LogP contribution in [0.5, 0.6) is 5.88 Å². The summed E-state index contributed by atoms with van der Waals surface area (Å²) in [6.07, 6.45) is 5.99. The molecule has 15 nitrogen and oxygen atoms in total. The lowest BCUT2D eigenvalue weighted by atomic mass is 9.85. The van der Waals surface area contributed by atoms with E-state index in [1.54, 1.807) is 48.6 Å². The van der Waals surface area contributed by atoms with Crippen LogP contribution >= 0.6 is 0 Å². The third-order valence-electron chi connectivity index (χ3n) is 9.42. The van der Waals surface area contributed by atoms with E-state index in [-0.39, 0.29) is 30.2 Å². The van der Waals surface area contributed by atoms with E-state index in [1.807, 2.05) is 30.9 Å². The number of amides is 2. The maximum atomic E-state index is 13.9. The summed E-state index contributed by atoms with van der Waals surface area (Å²) in [5, 5.41) is 8.79. The molecule has 6 heterocycles. The predicted molar refractivity (Wildman–Crippen MR) is 193 cm³/mol. The van der Waals surface area contributed by atoms with Gasteiger partial charge in [0.15, 0.2) is 0 Å². The van der Waals surface area contributed by atoms with Crippen LogP contribution in [0, 0.1) is 10.8 Å². The standard InChI is InChI=1S/C35H44N12O3/c1-23(2)50-29-9-5-24(18-41-29)31(37)32-26(36)6-8-28(43-32)47-13-11-35(34(47)49)10-12-44(21-35)20-30(48)46-16-14-45(15-17-46)27-7-4-25(19-40-27)33(38)42-22-39-3/h4-9,18-19,22-23,37H,10-17,20-21,36H2,1-3H3,(H2,38,39,42)/t35-/m0/s1. The quantitative estimate of drug-likeness (QED) is 0.210. The van der Waals surface area contributed by atoms with Crippen molar-refractivity contribution in [2.45, 2.75) is 32.8 Å². The van der Waals surface area contributed by atoms with Gasteiger partial charge < -0.3 is 26.0 Å². The maximum Gasteiger partial charge on any atom is 0.236 e. The Balaban J connectivity index is 1.03. The molecule has 2 amide bonds. The third-order valence-corrected chi connectivity index (χ3v) is 9.42. The van der Waals surface area contributed by atoms with E-state index in [2.05, 4.69) is 34.7 Å². The molecule has 3 aromatic rings. The summed E-state index contributed by atoms with van der Waals surface area (Å²) in [7, 11) is 1.63. The lowest BCUT2D eigenvalue weighted by Crippen LogP contribution is -2.51. The molecule has 0 radical (unpaired) electrons. The van der Waals surface area contributed by atoms with Crippen LogP contribution in [-0.4, -0.2) is 120 Å². The molecule has 50 heavy (non-hydrogen) atoms. The number of nitrogens with two attached hydrogens (primary N) is 2. The Hall–Kier alpha value is -5.44. The van der Waals surface area contributed by atoms with Crippen molar-refractivity contribution in [3.63, 3.8) is 0 Å². The van der Waals surface area contributed by atoms with Gasteiger partial charge in [-0.2, -0.15) is 0 Å². The third kappa shape index (κ3) is 7.27. The molecule has 3 aliphatic heterocycles. The Labute approximate surface area is 291 Å². The van der Waals surface area contributed by atoms with E-state index in [0.29, 0.717) is 93.1 Å². The van der Waals surface area contributed by atoms with Gasteiger partial charge >= 0.3 is 0 Å². The number of carbonyl (C=O) groups excluding carboxylic acids is 2. The van der Waals surface area contributed by atoms with Crippen molar-refractivity contribution < 1.29 is 14.3 Å². The number of ether oxygens (including phenoxy) is 1. The smallest absolute Gasteiger partial charge is 0.236 e. The Morgan fingerprint density at radius 3 is 2.40 bits per heavy atom. The molecule has 1 spiro atoms. The van der Waals surface area contributed by atoms with Crippen LogP contribution in [0.25, 0.3) is 0 Å². The zero-order valence-corrected chi connectivity index (χ0v) is 28.7. The molecular formula is C35H44N12O3. The number of nitrogens with zero attached hydrogens (tertiary/aromatic N) is 9. The first-order chi connectivity index (χ1) is 24.1. The Bertz CT molecular complexity index is 1790. The minimum atomic E-state index is -0.568. The number of hydrogen-bond acceptors (Lipinski definition) is 11. The van der Waals surface area contributed by atoms with Crippen molar-refractivity contribution in [3.05, 3.63) is 65.6 Å². The fraction of sp³-hybridized carbons (Fsp3) is 0.429. The SMILES string of the molecule is CN=CN=C(N)c1ccc(N2CCN(C(=O)CN3CC[C@]4(CCN(c5ccc(N)c(C(=N)c6ccc(OC(C)C)nc6)n5)C4=O)C3)CC2)nc1. The van der Waals surface area contributed by atoms with E-state index in [1.165, 1.54) is 6.34 Å². The Morgan fingerprint density at radius 1 is 1.00 bits per heavy atom. The molecule has 15 heteroatoms. The molecule has 0 unspecified atom stereocenters. The first-order valence-electron chi connectivity index (χ1n) is 16.8. The van der Waals surface area contributed by atoms with Crippen LogP contribution in [0.2, 0.25) is 0 Å². The van der Waals surface area contributed by atoms with Crippen molar-refractivity contribution in [1.82, 2.24) is 24.8 Å². The van der Waals surface area contributed by atoms with Gasteiger partial charge in [-0.3, -0.25) is 29.8 Å². The number of aliphatic imine (C=N–C) groups is 2. The summed E-state index contributed by atoms with van der Waals surface area (Å²) >= 11 is 0. The zero-order chi connectivity index (χ0) is 35.4. The van der Waals surface area contributed by atoms with Crippen molar-refractivity contribution in [2.75, 3.05) is 74.9 Å². The number of nitrogen functional groups attached to an aromatic ring is 1. The van der Waals surface area contributed by atoms with Crippen molar-refractivity contribution in [3.8, 4) is 5.88 Å². The first kappa shape index (κ1) is 34.4. The predicted octanol–water partition coefficient (Wildman–Crippen LogP) is 1.80. The van der Waals surface area contributed by atoms with Gasteiger partial charge in [-0.25, -0.2) is 19.9 Å². The van der Waals surface area contributed by atoms with Crippen LogP contribution in [0.1, 0.15) is 43.5 Å². The normalized spacial score (nSPS) is 20.1. The van der Waals surface area contributed by atoms with Crippen molar-refractivity contribution in [2.24, 2.45) is 21.1 Å². The van der Waals surface area contributed by atoms with Gasteiger partial charge in [-0.05, 0) is 63.6 Å². The van der Waals surface area contributed by atoms with Gasteiger partial charge in [0.25, 0.3) is 0 Å². The van der Waals surface area contributed by atoms with Crippen LogP contribution in [-0.2, 0) is 9.59 Å². The highest BCUT2D eigenvalue weighted by atomic mass is 16.5. The first-order valence-corrected chi connectivity index (χ1v) is 16.8. The lowest BCUT2D eigenvalue weighted by molar-refractivity contribution is -0.133. The highest BCUT2D eigenvalue weighted by Crippen LogP contribution is 2.42. The lowest BCUT2D eigenvalue weighted by Gasteiger charge is -2.36. The molecular weight excluding hydrogens is 636 g/mol. The molecule has 5 N–H and O–H groups in total. The fourth-order valence-electron chi connectivity index (χ4n) is 6.69. The number of carbonyl (C=O) groups is 2. The van der Waals surface area contributed by atoms with Crippen LogP contribution in [0.3, 0.4) is 0 Å². The monoisotopic (exact) mass is 680 g/mol. The topological polar surface area (TPSA) is 196 Å². The maximum absolute atomic E-state index is 13.9. The second-order valence-corrected chi connectivity index (χ2v) is 13.1. The zero-order valence-electron chi connectivity index (χ0n) is 28.7. The largest absolute Gasteiger partial charge is 0.475 e. The van der Waals surface area contributed by atoms with Gasteiger partial charge in [0, 0.05) is 75.9 Å². The van der Waals surface area contributed by atoms with Gasteiger partial charge in [0.2, 0.25) is 17.7 Å². The molecule has 3 fully saturated rings. The number of amidine groups is 1. The number of anilines is 3. The van der Waals surface area contributed by atoms with Crippen LogP contribution in [0.4, 0.5) is 17.3 Å². The molecule has 0 aliphatic carbocycles. The van der Waals surface area contributed by atoms with Gasteiger partial charge in [0.1, 0.15) is 29.5 Å². The van der Waals surface area contributed by atoms with Gasteiger partial charge in [-0.15, -0.1) is 0 Å². The second kappa shape index (κ2) is 14.6. The minimum Gasteiger partial charge on any atom is -0.475 e. The summed E-state index contributed by atoms with van der Waals surface area (Å²) in [5.41, 5.74) is 13.7. The number of likely N-dealkylation sites (tertiary alicyclic amines) is 1. The van der Waals surface area contributed by atoms with Crippen LogP contribution < -0.4 is 26.0 Å². The fourth-order valence-corrected chi connectivity index (χ4v) is 6.69. The van der Waals surface area contributed by atoms with E-state index in [4.69, 9.17) is 21.6 Å². The van der Waals surface area contributed by atoms with Crippen molar-refractivity contribution >= 4 is 47.0 Å². The highest BCUT2D eigenvalue weighted by molar-refractivity contribution is 6.13.